The Kier molecular flexibility index (Phi) is 1.68. The van der Waals surface area contributed by atoms with E-state index in [1.807, 2.05) is 6.92 Å². The van der Waals surface area contributed by atoms with Gasteiger partial charge in [0, 0.05) is 16.5 Å². The first-order valence-corrected chi connectivity index (χ1v) is 6.21. The fourth-order valence-electron chi connectivity index (χ4n) is 2.66. The van der Waals surface area contributed by atoms with Crippen LogP contribution in [0.15, 0.2) is 30.3 Å². The SMILES string of the molecule is Cc1ccc2c(n1)[nH]c1c(C3CC3)cccc12. The molecule has 0 aliphatic heterocycles. The lowest BCUT2D eigenvalue weighted by Gasteiger charge is -1.99. The third-order valence-corrected chi connectivity index (χ3v) is 3.68. The van der Waals surface area contributed by atoms with E-state index in [0.29, 0.717) is 0 Å². The summed E-state index contributed by atoms with van der Waals surface area (Å²) in [5.41, 5.74) is 4.85. The van der Waals surface area contributed by atoms with Gasteiger partial charge in [0.15, 0.2) is 0 Å². The summed E-state index contributed by atoms with van der Waals surface area (Å²) in [4.78, 5) is 8.08. The molecule has 0 unspecified atom stereocenters. The molecule has 1 saturated carbocycles. The van der Waals surface area contributed by atoms with Gasteiger partial charge in [0.05, 0.1) is 5.52 Å². The monoisotopic (exact) mass is 222 g/mol. The topological polar surface area (TPSA) is 28.7 Å². The zero-order chi connectivity index (χ0) is 11.4. The Hall–Kier alpha value is -1.83. The van der Waals surface area contributed by atoms with Gasteiger partial charge in [0.25, 0.3) is 0 Å². The number of nitrogens with one attached hydrogen (secondary N) is 1. The van der Waals surface area contributed by atoms with Crippen LogP contribution in [0.4, 0.5) is 0 Å². The zero-order valence-corrected chi connectivity index (χ0v) is 9.83. The molecule has 2 heterocycles. The van der Waals surface area contributed by atoms with E-state index in [-0.39, 0.29) is 0 Å². The minimum absolute atomic E-state index is 0.771. The number of hydrogen-bond acceptors (Lipinski definition) is 1. The summed E-state index contributed by atoms with van der Waals surface area (Å²) in [5, 5.41) is 2.56. The lowest BCUT2D eigenvalue weighted by Crippen LogP contribution is -1.81. The van der Waals surface area contributed by atoms with Gasteiger partial charge in [-0.2, -0.15) is 0 Å². The Morgan fingerprint density at radius 2 is 2.00 bits per heavy atom. The summed E-state index contributed by atoms with van der Waals surface area (Å²) in [6, 6.07) is 10.9. The van der Waals surface area contributed by atoms with Crippen molar-refractivity contribution in [3.05, 3.63) is 41.6 Å². The summed E-state index contributed by atoms with van der Waals surface area (Å²) >= 11 is 0. The molecule has 1 N–H and O–H groups in total. The van der Waals surface area contributed by atoms with Crippen molar-refractivity contribution in [2.45, 2.75) is 25.7 Å². The van der Waals surface area contributed by atoms with Crippen LogP contribution in [0, 0.1) is 6.92 Å². The summed E-state index contributed by atoms with van der Waals surface area (Å²) in [6.07, 6.45) is 2.67. The van der Waals surface area contributed by atoms with Crippen molar-refractivity contribution in [1.82, 2.24) is 9.97 Å². The highest BCUT2D eigenvalue weighted by Gasteiger charge is 2.26. The van der Waals surface area contributed by atoms with Gasteiger partial charge in [-0.3, -0.25) is 0 Å². The number of aromatic nitrogens is 2. The highest BCUT2D eigenvalue weighted by molar-refractivity contribution is 6.07. The molecular formula is C15H14N2. The standard InChI is InChI=1S/C15H14N2/c1-9-5-8-13-12-4-2-3-11(10-6-7-10)14(12)17-15(13)16-9/h2-5,8,10H,6-7H2,1H3,(H,16,17). The van der Waals surface area contributed by atoms with Gasteiger partial charge < -0.3 is 4.98 Å². The number of aryl methyl sites for hydroxylation is 1. The average Bonchev–Trinajstić information content (AvgIpc) is 3.09. The molecule has 0 radical (unpaired) electrons. The van der Waals surface area contributed by atoms with Crippen LogP contribution >= 0.6 is 0 Å². The van der Waals surface area contributed by atoms with Gasteiger partial charge >= 0.3 is 0 Å². The summed E-state index contributed by atoms with van der Waals surface area (Å²) in [6.45, 7) is 2.03. The number of benzene rings is 1. The number of H-pyrrole nitrogens is 1. The summed E-state index contributed by atoms with van der Waals surface area (Å²) in [7, 11) is 0. The van der Waals surface area contributed by atoms with E-state index >= 15 is 0 Å². The van der Waals surface area contributed by atoms with E-state index in [1.54, 1.807) is 0 Å². The molecule has 84 valence electrons. The van der Waals surface area contributed by atoms with Gasteiger partial charge in [-0.25, -0.2) is 4.98 Å². The third kappa shape index (κ3) is 1.30. The lowest BCUT2D eigenvalue weighted by molar-refractivity contribution is 1.14. The Morgan fingerprint density at radius 3 is 2.82 bits per heavy atom. The zero-order valence-electron chi connectivity index (χ0n) is 9.83. The fraction of sp³-hybridized carbons (Fsp3) is 0.267. The van der Waals surface area contributed by atoms with Crippen molar-refractivity contribution < 1.29 is 0 Å². The molecular weight excluding hydrogens is 208 g/mol. The molecule has 2 heteroatoms. The Labute approximate surface area is 99.7 Å². The minimum Gasteiger partial charge on any atom is -0.339 e. The van der Waals surface area contributed by atoms with Gasteiger partial charge in [-0.05, 0) is 43.4 Å². The number of para-hydroxylation sites is 1. The molecule has 4 rings (SSSR count). The van der Waals surface area contributed by atoms with E-state index in [2.05, 4.69) is 40.3 Å². The van der Waals surface area contributed by atoms with Crippen LogP contribution in [0.1, 0.15) is 30.0 Å². The highest BCUT2D eigenvalue weighted by Crippen LogP contribution is 2.43. The minimum atomic E-state index is 0.771. The maximum absolute atomic E-state index is 4.58. The number of aromatic amines is 1. The molecule has 3 aromatic rings. The van der Waals surface area contributed by atoms with Crippen molar-refractivity contribution in [3.8, 4) is 0 Å². The van der Waals surface area contributed by atoms with Crippen molar-refractivity contribution in [1.29, 1.82) is 0 Å². The molecule has 17 heavy (non-hydrogen) atoms. The summed E-state index contributed by atoms with van der Waals surface area (Å²) < 4.78 is 0. The summed E-state index contributed by atoms with van der Waals surface area (Å²) in [5.74, 6) is 0.771. The van der Waals surface area contributed by atoms with Gasteiger partial charge in [-0.15, -0.1) is 0 Å². The first-order valence-electron chi connectivity index (χ1n) is 6.21. The molecule has 2 aromatic heterocycles. The molecule has 1 aliphatic rings. The predicted molar refractivity (Wildman–Crippen MR) is 70.3 cm³/mol. The third-order valence-electron chi connectivity index (χ3n) is 3.68. The molecule has 1 aliphatic carbocycles. The van der Waals surface area contributed by atoms with Crippen LogP contribution < -0.4 is 0 Å². The van der Waals surface area contributed by atoms with Crippen molar-refractivity contribution in [3.63, 3.8) is 0 Å². The Balaban J connectivity index is 2.14. The number of nitrogens with zero attached hydrogens (tertiary/aromatic N) is 1. The number of rotatable bonds is 1. The molecule has 0 bridgehead atoms. The molecule has 2 nitrogen and oxygen atoms in total. The van der Waals surface area contributed by atoms with E-state index in [0.717, 1.165) is 17.3 Å². The van der Waals surface area contributed by atoms with Crippen molar-refractivity contribution in [2.24, 2.45) is 0 Å². The maximum atomic E-state index is 4.58. The van der Waals surface area contributed by atoms with Crippen LogP contribution in [0.3, 0.4) is 0 Å². The first kappa shape index (κ1) is 9.23. The van der Waals surface area contributed by atoms with Crippen LogP contribution in [-0.4, -0.2) is 9.97 Å². The van der Waals surface area contributed by atoms with Gasteiger partial charge in [0.1, 0.15) is 5.65 Å². The second-order valence-corrected chi connectivity index (χ2v) is 5.02. The van der Waals surface area contributed by atoms with Crippen LogP contribution in [-0.2, 0) is 0 Å². The first-order chi connectivity index (χ1) is 8.33. The van der Waals surface area contributed by atoms with E-state index < -0.39 is 0 Å². The predicted octanol–water partition coefficient (Wildman–Crippen LogP) is 3.90. The normalized spacial score (nSPS) is 15.8. The Morgan fingerprint density at radius 1 is 1.12 bits per heavy atom. The Bertz CT molecular complexity index is 720. The van der Waals surface area contributed by atoms with Crippen molar-refractivity contribution >= 4 is 21.9 Å². The lowest BCUT2D eigenvalue weighted by atomic mass is 10.1. The quantitative estimate of drug-likeness (QED) is 0.664. The number of pyridine rings is 1. The second-order valence-electron chi connectivity index (χ2n) is 5.02. The molecule has 0 amide bonds. The van der Waals surface area contributed by atoms with Crippen molar-refractivity contribution in [2.75, 3.05) is 0 Å². The van der Waals surface area contributed by atoms with Gasteiger partial charge in [-0.1, -0.05) is 18.2 Å². The molecule has 0 saturated heterocycles. The number of hydrogen-bond donors (Lipinski definition) is 1. The van der Waals surface area contributed by atoms with Gasteiger partial charge in [0.2, 0.25) is 0 Å². The molecule has 0 atom stereocenters. The maximum Gasteiger partial charge on any atom is 0.138 e. The number of fused-ring (bicyclic) bond motifs is 3. The van der Waals surface area contributed by atoms with Crippen LogP contribution in [0.25, 0.3) is 21.9 Å². The molecule has 1 fully saturated rings. The van der Waals surface area contributed by atoms with Crippen LogP contribution in [0.2, 0.25) is 0 Å². The fourth-order valence-corrected chi connectivity index (χ4v) is 2.66. The van der Waals surface area contributed by atoms with E-state index in [4.69, 9.17) is 0 Å². The largest absolute Gasteiger partial charge is 0.339 e. The molecule has 1 aromatic carbocycles. The smallest absolute Gasteiger partial charge is 0.138 e. The van der Waals surface area contributed by atoms with E-state index in [9.17, 15) is 0 Å². The second kappa shape index (κ2) is 3.10. The molecule has 0 spiro atoms. The highest BCUT2D eigenvalue weighted by atomic mass is 14.9. The average molecular weight is 222 g/mol. The van der Waals surface area contributed by atoms with E-state index in [1.165, 1.54) is 34.7 Å². The van der Waals surface area contributed by atoms with Crippen LogP contribution in [0.5, 0.6) is 0 Å².